The van der Waals surface area contributed by atoms with Gasteiger partial charge in [0.25, 0.3) is 0 Å². The van der Waals surface area contributed by atoms with E-state index in [0.717, 1.165) is 32.4 Å². The zero-order valence-corrected chi connectivity index (χ0v) is 9.58. The first-order chi connectivity index (χ1) is 7.29. The van der Waals surface area contributed by atoms with Gasteiger partial charge in [0.2, 0.25) is 5.91 Å². The Morgan fingerprint density at radius 3 is 2.87 bits per heavy atom. The molecule has 4 nitrogen and oxygen atoms in total. The van der Waals surface area contributed by atoms with Crippen LogP contribution in [-0.2, 0) is 9.53 Å². The fraction of sp³-hybridized carbons (Fsp3) is 0.909. The molecule has 4 heteroatoms. The van der Waals surface area contributed by atoms with E-state index < -0.39 is 0 Å². The summed E-state index contributed by atoms with van der Waals surface area (Å²) in [6.07, 6.45) is 2.95. The fourth-order valence-electron chi connectivity index (χ4n) is 1.95. The topological polar surface area (TPSA) is 55.6 Å². The molecule has 1 fully saturated rings. The minimum atomic E-state index is 0.0665. The second-order valence-electron chi connectivity index (χ2n) is 4.03. The third kappa shape index (κ3) is 3.80. The van der Waals surface area contributed by atoms with Gasteiger partial charge in [-0.25, -0.2) is 0 Å². The standard InChI is InChI=1S/C11H22N2O2/c1-2-6-13(7-5-12)11(14)10-4-3-8-15-9-10/h10H,2-9,12H2,1H3. The van der Waals surface area contributed by atoms with Gasteiger partial charge in [-0.15, -0.1) is 0 Å². The van der Waals surface area contributed by atoms with Crippen molar-refractivity contribution in [3.05, 3.63) is 0 Å². The van der Waals surface area contributed by atoms with Gasteiger partial charge in [-0.1, -0.05) is 6.92 Å². The van der Waals surface area contributed by atoms with Gasteiger partial charge in [0.1, 0.15) is 0 Å². The molecule has 1 aliphatic heterocycles. The minimum Gasteiger partial charge on any atom is -0.381 e. The first kappa shape index (κ1) is 12.5. The summed E-state index contributed by atoms with van der Waals surface area (Å²) in [6, 6.07) is 0. The SMILES string of the molecule is CCCN(CCN)C(=O)C1CCCOC1. The molecule has 1 atom stereocenters. The molecule has 15 heavy (non-hydrogen) atoms. The van der Waals surface area contributed by atoms with Gasteiger partial charge < -0.3 is 15.4 Å². The molecular formula is C11H22N2O2. The summed E-state index contributed by atoms with van der Waals surface area (Å²) in [5, 5.41) is 0. The zero-order chi connectivity index (χ0) is 11.1. The van der Waals surface area contributed by atoms with Crippen LogP contribution in [0.15, 0.2) is 0 Å². The number of carbonyl (C=O) groups is 1. The molecule has 0 bridgehead atoms. The van der Waals surface area contributed by atoms with Crippen molar-refractivity contribution < 1.29 is 9.53 Å². The zero-order valence-electron chi connectivity index (χ0n) is 9.58. The molecule has 1 unspecified atom stereocenters. The summed E-state index contributed by atoms with van der Waals surface area (Å²) in [4.78, 5) is 13.9. The van der Waals surface area contributed by atoms with Crippen LogP contribution in [0.4, 0.5) is 0 Å². The summed E-state index contributed by atoms with van der Waals surface area (Å²) in [6.45, 7) is 5.49. The van der Waals surface area contributed by atoms with Gasteiger partial charge >= 0.3 is 0 Å². The highest BCUT2D eigenvalue weighted by molar-refractivity contribution is 5.79. The molecule has 0 saturated carbocycles. The van der Waals surface area contributed by atoms with Crippen molar-refractivity contribution in [1.29, 1.82) is 0 Å². The monoisotopic (exact) mass is 214 g/mol. The first-order valence-corrected chi connectivity index (χ1v) is 5.86. The normalized spacial score (nSPS) is 21.3. The largest absolute Gasteiger partial charge is 0.381 e. The number of ether oxygens (including phenoxy) is 1. The van der Waals surface area contributed by atoms with E-state index in [4.69, 9.17) is 10.5 Å². The summed E-state index contributed by atoms with van der Waals surface area (Å²) in [5.41, 5.74) is 5.50. The van der Waals surface area contributed by atoms with E-state index in [2.05, 4.69) is 6.92 Å². The predicted molar refractivity (Wildman–Crippen MR) is 59.5 cm³/mol. The van der Waals surface area contributed by atoms with E-state index in [0.29, 0.717) is 19.7 Å². The lowest BCUT2D eigenvalue weighted by Gasteiger charge is -2.28. The molecule has 1 saturated heterocycles. The summed E-state index contributed by atoms with van der Waals surface area (Å²) < 4.78 is 5.33. The Kier molecular flexibility index (Phi) is 5.65. The summed E-state index contributed by atoms with van der Waals surface area (Å²) in [7, 11) is 0. The fourth-order valence-corrected chi connectivity index (χ4v) is 1.95. The smallest absolute Gasteiger partial charge is 0.228 e. The lowest BCUT2D eigenvalue weighted by atomic mass is 10.0. The van der Waals surface area contributed by atoms with Crippen LogP contribution in [0, 0.1) is 5.92 Å². The molecule has 88 valence electrons. The van der Waals surface area contributed by atoms with Gasteiger partial charge in [-0.3, -0.25) is 4.79 Å². The van der Waals surface area contributed by atoms with E-state index >= 15 is 0 Å². The van der Waals surface area contributed by atoms with Gasteiger partial charge in [0.05, 0.1) is 12.5 Å². The predicted octanol–water partition coefficient (Wildman–Crippen LogP) is 0.610. The van der Waals surface area contributed by atoms with Crippen LogP contribution in [0.25, 0.3) is 0 Å². The van der Waals surface area contributed by atoms with Crippen molar-refractivity contribution in [2.45, 2.75) is 26.2 Å². The van der Waals surface area contributed by atoms with Crippen molar-refractivity contribution in [3.8, 4) is 0 Å². The van der Waals surface area contributed by atoms with Crippen LogP contribution in [0.2, 0.25) is 0 Å². The van der Waals surface area contributed by atoms with E-state index in [9.17, 15) is 4.79 Å². The summed E-state index contributed by atoms with van der Waals surface area (Å²) in [5.74, 6) is 0.291. The number of hydrogen-bond donors (Lipinski definition) is 1. The van der Waals surface area contributed by atoms with E-state index in [1.807, 2.05) is 4.90 Å². The molecule has 0 aliphatic carbocycles. The number of hydrogen-bond acceptors (Lipinski definition) is 3. The van der Waals surface area contributed by atoms with Crippen LogP contribution in [0.3, 0.4) is 0 Å². The Bertz CT molecular complexity index is 185. The second-order valence-corrected chi connectivity index (χ2v) is 4.03. The maximum absolute atomic E-state index is 12.1. The van der Waals surface area contributed by atoms with Crippen LogP contribution in [0.5, 0.6) is 0 Å². The molecular weight excluding hydrogens is 192 g/mol. The van der Waals surface area contributed by atoms with Gasteiger partial charge in [0.15, 0.2) is 0 Å². The Labute approximate surface area is 91.8 Å². The average Bonchev–Trinajstić information content (AvgIpc) is 2.29. The molecule has 1 rings (SSSR count). The minimum absolute atomic E-state index is 0.0665. The Balaban J connectivity index is 2.45. The molecule has 1 amide bonds. The molecule has 1 aliphatic rings. The van der Waals surface area contributed by atoms with Crippen LogP contribution in [0.1, 0.15) is 26.2 Å². The van der Waals surface area contributed by atoms with Crippen molar-refractivity contribution in [2.24, 2.45) is 11.7 Å². The average molecular weight is 214 g/mol. The third-order valence-corrected chi connectivity index (χ3v) is 2.71. The Hall–Kier alpha value is -0.610. The molecule has 2 N–H and O–H groups in total. The number of nitrogens with two attached hydrogens (primary N) is 1. The van der Waals surface area contributed by atoms with E-state index in [-0.39, 0.29) is 11.8 Å². The first-order valence-electron chi connectivity index (χ1n) is 5.86. The number of nitrogens with zero attached hydrogens (tertiary/aromatic N) is 1. The molecule has 0 aromatic rings. The number of carbonyl (C=O) groups excluding carboxylic acids is 1. The van der Waals surface area contributed by atoms with Crippen LogP contribution < -0.4 is 5.73 Å². The van der Waals surface area contributed by atoms with Gasteiger partial charge in [-0.2, -0.15) is 0 Å². The molecule has 0 radical (unpaired) electrons. The van der Waals surface area contributed by atoms with Crippen molar-refractivity contribution in [3.63, 3.8) is 0 Å². The third-order valence-electron chi connectivity index (χ3n) is 2.71. The van der Waals surface area contributed by atoms with Crippen molar-refractivity contribution in [1.82, 2.24) is 4.90 Å². The molecule has 0 aromatic heterocycles. The lowest BCUT2D eigenvalue weighted by molar-refractivity contribution is -0.139. The highest BCUT2D eigenvalue weighted by atomic mass is 16.5. The van der Waals surface area contributed by atoms with Crippen molar-refractivity contribution >= 4 is 5.91 Å². The van der Waals surface area contributed by atoms with E-state index in [1.54, 1.807) is 0 Å². The van der Waals surface area contributed by atoms with Crippen LogP contribution >= 0.6 is 0 Å². The molecule has 0 aromatic carbocycles. The van der Waals surface area contributed by atoms with Gasteiger partial charge in [-0.05, 0) is 19.3 Å². The van der Waals surface area contributed by atoms with Crippen LogP contribution in [-0.4, -0.2) is 43.7 Å². The van der Waals surface area contributed by atoms with E-state index in [1.165, 1.54) is 0 Å². The lowest BCUT2D eigenvalue weighted by Crippen LogP contribution is -2.42. The second kappa shape index (κ2) is 6.80. The highest BCUT2D eigenvalue weighted by Gasteiger charge is 2.25. The van der Waals surface area contributed by atoms with Gasteiger partial charge in [0, 0.05) is 26.2 Å². The highest BCUT2D eigenvalue weighted by Crippen LogP contribution is 2.16. The molecule has 0 spiro atoms. The Morgan fingerprint density at radius 2 is 2.33 bits per heavy atom. The van der Waals surface area contributed by atoms with Crippen molar-refractivity contribution in [2.75, 3.05) is 32.8 Å². The maximum atomic E-state index is 12.1. The maximum Gasteiger partial charge on any atom is 0.228 e. The summed E-state index contributed by atoms with van der Waals surface area (Å²) >= 11 is 0. The number of rotatable bonds is 5. The number of amides is 1. The molecule has 1 heterocycles. The quantitative estimate of drug-likeness (QED) is 0.729. The Morgan fingerprint density at radius 1 is 1.53 bits per heavy atom.